The molecule has 0 saturated heterocycles. The summed E-state index contributed by atoms with van der Waals surface area (Å²) in [6.07, 6.45) is 0. The molecule has 0 unspecified atom stereocenters. The molecule has 0 aliphatic heterocycles. The summed E-state index contributed by atoms with van der Waals surface area (Å²) in [5.41, 5.74) is 22.8. The van der Waals surface area contributed by atoms with Gasteiger partial charge in [0, 0.05) is 33.9 Å². The highest BCUT2D eigenvalue weighted by Crippen LogP contribution is 2.50. The van der Waals surface area contributed by atoms with Crippen LogP contribution in [-0.2, 0) is 0 Å². The fraction of sp³-hybridized carbons (Fsp3) is 0. The molecule has 494 valence electrons. The van der Waals surface area contributed by atoms with E-state index in [4.69, 9.17) is 0 Å². The fourth-order valence-electron chi connectivity index (χ4n) is 16.5. The highest BCUT2D eigenvalue weighted by Gasteiger charge is 2.24. The summed E-state index contributed by atoms with van der Waals surface area (Å²) in [4.78, 5) is 4.94. The molecule has 0 radical (unpaired) electrons. The van der Waals surface area contributed by atoms with Crippen molar-refractivity contribution in [1.29, 1.82) is 0 Å². The van der Waals surface area contributed by atoms with Crippen LogP contribution in [0.3, 0.4) is 0 Å². The average Bonchev–Trinajstić information content (AvgIpc) is 0.746. The normalized spacial score (nSPS) is 11.6. The second-order valence-corrected chi connectivity index (χ2v) is 27.9. The van der Waals surface area contributed by atoms with Crippen molar-refractivity contribution in [2.75, 3.05) is 9.80 Å². The van der Waals surface area contributed by atoms with Crippen LogP contribution >= 0.6 is 0 Å². The van der Waals surface area contributed by atoms with Crippen molar-refractivity contribution in [3.05, 3.63) is 413 Å². The maximum atomic E-state index is 2.49. The predicted molar refractivity (Wildman–Crippen MR) is 454 cm³/mol. The first kappa shape index (κ1) is 61.9. The van der Waals surface area contributed by atoms with E-state index in [2.05, 4.69) is 422 Å². The lowest BCUT2D eigenvalue weighted by atomic mass is 9.89. The van der Waals surface area contributed by atoms with Gasteiger partial charge in [-0.2, -0.15) is 0 Å². The van der Waals surface area contributed by atoms with Gasteiger partial charge in [0.05, 0.1) is 11.4 Å². The van der Waals surface area contributed by atoms with Crippen LogP contribution in [0.25, 0.3) is 164 Å². The Morgan fingerprint density at radius 2 is 0.472 bits per heavy atom. The maximum absolute atomic E-state index is 2.49. The van der Waals surface area contributed by atoms with Gasteiger partial charge >= 0.3 is 0 Å². The molecule has 0 spiro atoms. The van der Waals surface area contributed by atoms with Gasteiger partial charge in [0.1, 0.15) is 0 Å². The average molecular weight is 1350 g/mol. The maximum Gasteiger partial charge on any atom is 0.0540 e. The third kappa shape index (κ3) is 11.2. The predicted octanol–water partition coefficient (Wildman–Crippen LogP) is 29.5. The van der Waals surface area contributed by atoms with E-state index < -0.39 is 0 Å². The Balaban J connectivity index is 0.714. The molecular formula is C104H68N2. The van der Waals surface area contributed by atoms with E-state index >= 15 is 0 Å². The molecule has 2 nitrogen and oxygen atoms in total. The molecule has 0 heterocycles. The highest BCUT2D eigenvalue weighted by atomic mass is 15.2. The van der Waals surface area contributed by atoms with E-state index in [1.165, 1.54) is 125 Å². The number of hydrogen-bond acceptors (Lipinski definition) is 2. The molecule has 0 aliphatic carbocycles. The van der Waals surface area contributed by atoms with Crippen molar-refractivity contribution < 1.29 is 0 Å². The summed E-state index contributed by atoms with van der Waals surface area (Å²) >= 11 is 0. The molecule has 0 amide bonds. The minimum Gasteiger partial charge on any atom is -0.310 e. The van der Waals surface area contributed by atoms with Crippen LogP contribution < -0.4 is 9.80 Å². The second kappa shape index (κ2) is 26.2. The topological polar surface area (TPSA) is 6.48 Å². The van der Waals surface area contributed by atoms with Crippen molar-refractivity contribution >= 4 is 120 Å². The van der Waals surface area contributed by atoms with Gasteiger partial charge in [0.2, 0.25) is 0 Å². The Labute approximate surface area is 616 Å². The van der Waals surface area contributed by atoms with Gasteiger partial charge < -0.3 is 9.80 Å². The molecule has 20 rings (SSSR count). The number of para-hydroxylation sites is 1. The van der Waals surface area contributed by atoms with Gasteiger partial charge in [-0.1, -0.05) is 309 Å². The number of benzene rings is 20. The largest absolute Gasteiger partial charge is 0.310 e. The first-order valence-corrected chi connectivity index (χ1v) is 36.6. The molecule has 0 aliphatic rings. The van der Waals surface area contributed by atoms with Crippen LogP contribution in [0.4, 0.5) is 34.1 Å². The SMILES string of the molecule is c1ccc(-c2ccc3cc(N(c4cccc(-c5ccc6ccccc6c5)c4)c4ccc(-c5ccc6cc(-c7cccc(N(c8ccc(-c9cccc%10ccccc9%10)cc8)c8ccccc8-c8cc9ccccc9c9ccccc89)c7)ccc6c5)cc4-c4cc5ccccc5c5ccccc45)ccc3c2)cc1. The summed E-state index contributed by atoms with van der Waals surface area (Å²) in [6.45, 7) is 0. The molecule has 20 aromatic carbocycles. The second-order valence-electron chi connectivity index (χ2n) is 27.9. The molecule has 0 saturated carbocycles. The van der Waals surface area contributed by atoms with Gasteiger partial charge in [-0.25, -0.2) is 0 Å². The van der Waals surface area contributed by atoms with Crippen LogP contribution in [0, 0.1) is 0 Å². The van der Waals surface area contributed by atoms with Crippen LogP contribution in [-0.4, -0.2) is 0 Å². The Hall–Kier alpha value is -13.9. The molecule has 0 bridgehead atoms. The Bertz CT molecular complexity index is 6840. The Kier molecular flexibility index (Phi) is 15.3. The molecule has 0 N–H and O–H groups in total. The first-order chi connectivity index (χ1) is 52.5. The minimum absolute atomic E-state index is 1.07. The smallest absolute Gasteiger partial charge is 0.0540 e. The number of fused-ring (bicyclic) bond motifs is 10. The van der Waals surface area contributed by atoms with Crippen LogP contribution in [0.5, 0.6) is 0 Å². The van der Waals surface area contributed by atoms with Gasteiger partial charge in [-0.15, -0.1) is 0 Å². The standard InChI is InChI=1S/C104H68N2/c1-2-21-69(22-3-1)76-45-50-83-65-90(57-53-82(83)60-76)106(89-32-19-30-75(64-89)77-44-43-70-23-4-5-25-73(70)59-77)104-58-54-84(66-102(104)101-68-86-27-8-11-35-94(86)96-37-13-15-39-98(96)101)81-49-48-79-61-78(46-47-80(79)62-81)74-29-18-31-88(63-74)105(87-55-51-72(52-56-87)92-41-20-28-71-24-6-9-33-91(71)92)103-42-17-16-40-99(103)100-67-85-26-7-10-34-93(85)95-36-12-14-38-97(95)100/h1-68H. The molecular weight excluding hydrogens is 1280 g/mol. The Morgan fingerprint density at radius 1 is 0.123 bits per heavy atom. The van der Waals surface area contributed by atoms with Crippen molar-refractivity contribution in [2.45, 2.75) is 0 Å². The Morgan fingerprint density at radius 3 is 1.08 bits per heavy atom. The summed E-state index contributed by atoms with van der Waals surface area (Å²) in [7, 11) is 0. The number of rotatable bonds is 13. The monoisotopic (exact) mass is 1340 g/mol. The lowest BCUT2D eigenvalue weighted by Gasteiger charge is -2.29. The van der Waals surface area contributed by atoms with E-state index in [9.17, 15) is 0 Å². The van der Waals surface area contributed by atoms with Gasteiger partial charge in [-0.3, -0.25) is 0 Å². The van der Waals surface area contributed by atoms with Crippen molar-refractivity contribution in [2.24, 2.45) is 0 Å². The van der Waals surface area contributed by atoms with Crippen LogP contribution in [0.2, 0.25) is 0 Å². The third-order valence-corrected chi connectivity index (χ3v) is 21.7. The minimum atomic E-state index is 1.07. The van der Waals surface area contributed by atoms with Crippen molar-refractivity contribution in [1.82, 2.24) is 0 Å². The highest BCUT2D eigenvalue weighted by molar-refractivity contribution is 6.17. The van der Waals surface area contributed by atoms with Crippen molar-refractivity contribution in [3.8, 4) is 77.9 Å². The van der Waals surface area contributed by atoms with Crippen LogP contribution in [0.15, 0.2) is 413 Å². The third-order valence-electron chi connectivity index (χ3n) is 21.7. The molecule has 20 aromatic rings. The zero-order chi connectivity index (χ0) is 70.0. The number of nitrogens with zero attached hydrogens (tertiary/aromatic N) is 2. The first-order valence-electron chi connectivity index (χ1n) is 36.6. The quantitative estimate of drug-likeness (QED) is 0.106. The van der Waals surface area contributed by atoms with E-state index in [0.29, 0.717) is 0 Å². The summed E-state index contributed by atoms with van der Waals surface area (Å²) in [5, 5.41) is 19.4. The summed E-state index contributed by atoms with van der Waals surface area (Å²) in [5.74, 6) is 0. The summed E-state index contributed by atoms with van der Waals surface area (Å²) in [6, 6.07) is 153. The van der Waals surface area contributed by atoms with E-state index in [0.717, 1.165) is 73.1 Å². The van der Waals surface area contributed by atoms with Gasteiger partial charge in [-0.05, 0) is 256 Å². The molecule has 0 aromatic heterocycles. The number of hydrogen-bond donors (Lipinski definition) is 0. The zero-order valence-corrected chi connectivity index (χ0v) is 58.2. The van der Waals surface area contributed by atoms with Gasteiger partial charge in [0.25, 0.3) is 0 Å². The lowest BCUT2D eigenvalue weighted by Crippen LogP contribution is -2.11. The van der Waals surface area contributed by atoms with Crippen molar-refractivity contribution in [3.63, 3.8) is 0 Å². The fourth-order valence-corrected chi connectivity index (χ4v) is 16.5. The van der Waals surface area contributed by atoms with E-state index in [1.807, 2.05) is 0 Å². The molecule has 106 heavy (non-hydrogen) atoms. The van der Waals surface area contributed by atoms with E-state index in [-0.39, 0.29) is 0 Å². The molecule has 0 atom stereocenters. The zero-order valence-electron chi connectivity index (χ0n) is 58.2. The summed E-state index contributed by atoms with van der Waals surface area (Å²) < 4.78 is 0. The van der Waals surface area contributed by atoms with Crippen LogP contribution in [0.1, 0.15) is 0 Å². The van der Waals surface area contributed by atoms with Gasteiger partial charge in [0.15, 0.2) is 0 Å². The van der Waals surface area contributed by atoms with E-state index in [1.54, 1.807) is 0 Å². The molecule has 0 fully saturated rings. The lowest BCUT2D eigenvalue weighted by molar-refractivity contribution is 1.28. The number of anilines is 6. The molecule has 2 heteroatoms.